The molecule has 0 amide bonds. The second kappa shape index (κ2) is 4.73. The fraction of sp³-hybridized carbons (Fsp3) is 0.778. The molecule has 0 N–H and O–H groups in total. The molecule has 0 rings (SSSR count). The Morgan fingerprint density at radius 3 is 2.27 bits per heavy atom. The van der Waals surface area contributed by atoms with E-state index in [1.165, 1.54) is 6.17 Å². The van der Waals surface area contributed by atoms with Gasteiger partial charge in [0.05, 0.1) is 8.07 Å². The van der Waals surface area contributed by atoms with Crippen molar-refractivity contribution in [3.63, 3.8) is 0 Å². The van der Waals surface area contributed by atoms with E-state index in [0.29, 0.717) is 0 Å². The van der Waals surface area contributed by atoms with Crippen molar-refractivity contribution in [2.75, 3.05) is 19.8 Å². The Hall–Kier alpha value is -0.0831. The third kappa shape index (κ3) is 5.22. The monoisotopic (exact) mass is 171 g/mol. The molecule has 0 saturated carbocycles. The summed E-state index contributed by atoms with van der Waals surface area (Å²) in [5.41, 5.74) is 2.40. The summed E-state index contributed by atoms with van der Waals surface area (Å²) >= 11 is 0. The highest BCUT2D eigenvalue weighted by atomic mass is 28.3. The maximum absolute atomic E-state index is 2.40. The van der Waals surface area contributed by atoms with Gasteiger partial charge in [0.25, 0.3) is 0 Å². The molecule has 0 atom stereocenters. The lowest BCUT2D eigenvalue weighted by molar-refractivity contribution is 0.405. The topological polar surface area (TPSA) is 3.24 Å². The van der Waals surface area contributed by atoms with Crippen LogP contribution in [0.4, 0.5) is 0 Å². The minimum atomic E-state index is -1.04. The van der Waals surface area contributed by atoms with Crippen LogP contribution in [0.5, 0.6) is 0 Å². The van der Waals surface area contributed by atoms with Gasteiger partial charge in [-0.25, -0.2) is 0 Å². The van der Waals surface area contributed by atoms with Crippen LogP contribution in [0.25, 0.3) is 0 Å². The van der Waals surface area contributed by atoms with Gasteiger partial charge in [0.2, 0.25) is 0 Å². The van der Waals surface area contributed by atoms with Crippen molar-refractivity contribution in [3.05, 3.63) is 11.8 Å². The molecule has 0 aliphatic heterocycles. The van der Waals surface area contributed by atoms with Gasteiger partial charge >= 0.3 is 0 Å². The van der Waals surface area contributed by atoms with Crippen LogP contribution in [0.1, 0.15) is 13.8 Å². The molecule has 66 valence electrons. The summed E-state index contributed by atoms with van der Waals surface area (Å²) in [6.45, 7) is 10.3. The van der Waals surface area contributed by atoms with Gasteiger partial charge in [0, 0.05) is 0 Å². The predicted octanol–water partition coefficient (Wildman–Crippen LogP) is 2.30. The Labute approximate surface area is 72.1 Å². The van der Waals surface area contributed by atoms with Crippen molar-refractivity contribution >= 4 is 8.07 Å². The molecule has 11 heavy (non-hydrogen) atoms. The number of hydrogen-bond acceptors (Lipinski definition) is 1. The van der Waals surface area contributed by atoms with Gasteiger partial charge in [-0.1, -0.05) is 31.8 Å². The zero-order valence-corrected chi connectivity index (χ0v) is 9.52. The highest BCUT2D eigenvalue weighted by Crippen LogP contribution is 2.05. The molecule has 0 fully saturated rings. The Morgan fingerprint density at radius 1 is 1.36 bits per heavy atom. The number of rotatable bonds is 4. The maximum Gasteiger partial charge on any atom is 0.0857 e. The number of allylic oxidation sites excluding steroid dienone is 1. The van der Waals surface area contributed by atoms with E-state index in [4.69, 9.17) is 0 Å². The molecule has 0 heterocycles. The van der Waals surface area contributed by atoms with Gasteiger partial charge in [-0.05, 0) is 26.7 Å². The zero-order valence-electron chi connectivity index (χ0n) is 8.52. The molecule has 1 nitrogen and oxygen atoms in total. The first-order chi connectivity index (χ1) is 5.02. The second-order valence-corrected chi connectivity index (χ2v) is 8.45. The minimum absolute atomic E-state index is 1.04. The fourth-order valence-electron chi connectivity index (χ4n) is 1.31. The summed E-state index contributed by atoms with van der Waals surface area (Å²) in [5, 5.41) is 0. The molecule has 2 heteroatoms. The Bertz CT molecular complexity index is 130. The SMILES string of the molecule is CC=C[Si](C)(C)CN(C)CC. The van der Waals surface area contributed by atoms with Crippen LogP contribution < -0.4 is 0 Å². The standard InChI is InChI=1S/C9H21NSi/c1-6-8-11(4,5)9-10(3)7-2/h6,8H,7,9H2,1-5H3. The summed E-state index contributed by atoms with van der Waals surface area (Å²) in [7, 11) is 1.15. The molecule has 0 aliphatic carbocycles. The van der Waals surface area contributed by atoms with Crippen LogP contribution in [0.15, 0.2) is 11.8 Å². The summed E-state index contributed by atoms with van der Waals surface area (Å²) in [5.74, 6) is 0. The highest BCUT2D eigenvalue weighted by molar-refractivity contribution is 6.82. The number of hydrogen-bond donors (Lipinski definition) is 0. The lowest BCUT2D eigenvalue weighted by atomic mass is 10.7. The molecule has 0 radical (unpaired) electrons. The molecule has 0 aliphatic rings. The Morgan fingerprint density at radius 2 is 1.91 bits per heavy atom. The first kappa shape index (κ1) is 10.9. The van der Waals surface area contributed by atoms with E-state index < -0.39 is 8.07 Å². The van der Waals surface area contributed by atoms with Crippen LogP contribution in [0.3, 0.4) is 0 Å². The first-order valence-electron chi connectivity index (χ1n) is 4.34. The summed E-state index contributed by atoms with van der Waals surface area (Å²) in [4.78, 5) is 2.40. The molecular formula is C9H21NSi. The van der Waals surface area contributed by atoms with Crippen molar-refractivity contribution in [2.24, 2.45) is 0 Å². The van der Waals surface area contributed by atoms with Crippen molar-refractivity contribution in [2.45, 2.75) is 26.9 Å². The first-order valence-corrected chi connectivity index (χ1v) is 7.62. The van der Waals surface area contributed by atoms with Gasteiger partial charge < -0.3 is 4.90 Å². The quantitative estimate of drug-likeness (QED) is 0.587. The van der Waals surface area contributed by atoms with Gasteiger partial charge in [-0.2, -0.15) is 0 Å². The summed E-state index contributed by atoms with van der Waals surface area (Å²) in [6, 6.07) is 0. The van der Waals surface area contributed by atoms with E-state index in [1.807, 2.05) is 0 Å². The average molecular weight is 171 g/mol. The zero-order chi connectivity index (χ0) is 8.91. The lowest BCUT2D eigenvalue weighted by Gasteiger charge is -2.24. The van der Waals surface area contributed by atoms with Gasteiger partial charge in [0.15, 0.2) is 0 Å². The molecule has 0 unspecified atom stereocenters. The van der Waals surface area contributed by atoms with Crippen molar-refractivity contribution in [1.82, 2.24) is 4.90 Å². The molecule has 0 spiro atoms. The van der Waals surface area contributed by atoms with E-state index in [9.17, 15) is 0 Å². The largest absolute Gasteiger partial charge is 0.309 e. The van der Waals surface area contributed by atoms with E-state index in [0.717, 1.165) is 6.54 Å². The van der Waals surface area contributed by atoms with Crippen molar-refractivity contribution < 1.29 is 0 Å². The molecular weight excluding hydrogens is 150 g/mol. The fourth-order valence-corrected chi connectivity index (χ4v) is 3.93. The van der Waals surface area contributed by atoms with E-state index >= 15 is 0 Å². The Balaban J connectivity index is 3.90. The molecule has 0 saturated heterocycles. The molecule has 0 aromatic carbocycles. The van der Waals surface area contributed by atoms with Crippen LogP contribution >= 0.6 is 0 Å². The predicted molar refractivity (Wildman–Crippen MR) is 55.5 cm³/mol. The average Bonchev–Trinajstić information content (AvgIpc) is 1.86. The van der Waals surface area contributed by atoms with E-state index in [-0.39, 0.29) is 0 Å². The lowest BCUT2D eigenvalue weighted by Crippen LogP contribution is -2.39. The third-order valence-electron chi connectivity index (χ3n) is 1.84. The normalized spacial score (nSPS) is 13.3. The Kier molecular flexibility index (Phi) is 4.69. The van der Waals surface area contributed by atoms with Crippen molar-refractivity contribution in [1.29, 1.82) is 0 Å². The second-order valence-electron chi connectivity index (χ2n) is 3.82. The molecule has 0 bridgehead atoms. The van der Waals surface area contributed by atoms with Crippen LogP contribution in [0, 0.1) is 0 Å². The molecule has 0 aromatic heterocycles. The van der Waals surface area contributed by atoms with Crippen molar-refractivity contribution in [3.8, 4) is 0 Å². The summed E-state index contributed by atoms with van der Waals surface area (Å²) in [6.07, 6.45) is 3.46. The minimum Gasteiger partial charge on any atom is -0.309 e. The third-order valence-corrected chi connectivity index (χ3v) is 4.43. The van der Waals surface area contributed by atoms with Crippen LogP contribution in [-0.2, 0) is 0 Å². The number of nitrogens with zero attached hydrogens (tertiary/aromatic N) is 1. The van der Waals surface area contributed by atoms with Gasteiger partial charge in [-0.15, -0.1) is 0 Å². The maximum atomic E-state index is 2.40. The van der Waals surface area contributed by atoms with E-state index in [2.05, 4.69) is 50.7 Å². The van der Waals surface area contributed by atoms with Gasteiger partial charge in [-0.3, -0.25) is 0 Å². The van der Waals surface area contributed by atoms with Crippen LogP contribution in [-0.4, -0.2) is 32.7 Å². The van der Waals surface area contributed by atoms with Crippen LogP contribution in [0.2, 0.25) is 13.1 Å². The van der Waals surface area contributed by atoms with E-state index in [1.54, 1.807) is 0 Å². The summed E-state index contributed by atoms with van der Waals surface area (Å²) < 4.78 is 0. The molecule has 0 aromatic rings. The highest BCUT2D eigenvalue weighted by Gasteiger charge is 2.17. The van der Waals surface area contributed by atoms with Gasteiger partial charge in [0.1, 0.15) is 0 Å². The smallest absolute Gasteiger partial charge is 0.0857 e.